The molecule has 4 aromatic rings. The first kappa shape index (κ1) is 17.9. The first-order valence-corrected chi connectivity index (χ1v) is 10.4. The first-order chi connectivity index (χ1) is 14.2. The van der Waals surface area contributed by atoms with Gasteiger partial charge in [0.25, 0.3) is 0 Å². The molecule has 1 aromatic carbocycles. The monoisotopic (exact) mass is 387 g/mol. The van der Waals surface area contributed by atoms with Crippen LogP contribution in [0.15, 0.2) is 48.8 Å². The maximum Gasteiger partial charge on any atom is 0.227 e. The second-order valence-corrected chi connectivity index (χ2v) is 7.85. The van der Waals surface area contributed by atoms with Crippen LogP contribution in [0.3, 0.4) is 0 Å². The van der Waals surface area contributed by atoms with Crippen molar-refractivity contribution in [2.45, 2.75) is 32.7 Å². The number of hydrogen-bond acceptors (Lipinski definition) is 3. The number of rotatable bonds is 5. The molecule has 5 rings (SSSR count). The number of carbonyl (C=O) groups is 1. The molecule has 1 fully saturated rings. The Labute approximate surface area is 169 Å². The molecular formula is C23H25N5O. The summed E-state index contributed by atoms with van der Waals surface area (Å²) < 4.78 is 2.20. The summed E-state index contributed by atoms with van der Waals surface area (Å²) in [4.78, 5) is 27.5. The number of nitrogens with zero attached hydrogens (tertiary/aromatic N) is 4. The fourth-order valence-electron chi connectivity index (χ4n) is 4.53. The zero-order chi connectivity index (χ0) is 19.8. The molecule has 6 nitrogen and oxygen atoms in total. The second kappa shape index (κ2) is 7.35. The molecule has 4 heterocycles. The van der Waals surface area contributed by atoms with E-state index in [2.05, 4.69) is 27.5 Å². The molecule has 0 aliphatic carbocycles. The average molecular weight is 387 g/mol. The van der Waals surface area contributed by atoms with Gasteiger partial charge in [0.2, 0.25) is 5.91 Å². The Morgan fingerprint density at radius 1 is 1.24 bits per heavy atom. The minimum Gasteiger partial charge on any atom is -0.361 e. The van der Waals surface area contributed by atoms with Crippen molar-refractivity contribution in [1.29, 1.82) is 0 Å². The number of aromatic amines is 1. The van der Waals surface area contributed by atoms with Gasteiger partial charge >= 0.3 is 0 Å². The number of pyridine rings is 1. The molecule has 6 heteroatoms. The number of fused-ring (bicyclic) bond motifs is 2. The van der Waals surface area contributed by atoms with Crippen molar-refractivity contribution in [2.24, 2.45) is 5.92 Å². The van der Waals surface area contributed by atoms with Crippen molar-refractivity contribution < 1.29 is 4.79 Å². The van der Waals surface area contributed by atoms with Gasteiger partial charge in [0.05, 0.1) is 6.42 Å². The van der Waals surface area contributed by atoms with Crippen molar-refractivity contribution >= 4 is 28.0 Å². The van der Waals surface area contributed by atoms with E-state index in [1.165, 1.54) is 0 Å². The van der Waals surface area contributed by atoms with Gasteiger partial charge in [0.1, 0.15) is 11.3 Å². The molecule has 0 saturated carbocycles. The second-order valence-electron chi connectivity index (χ2n) is 7.85. The Hall–Kier alpha value is -3.15. The first-order valence-electron chi connectivity index (χ1n) is 10.4. The highest BCUT2D eigenvalue weighted by atomic mass is 16.2. The van der Waals surface area contributed by atoms with Gasteiger partial charge in [0.15, 0.2) is 5.65 Å². The third-order valence-electron chi connectivity index (χ3n) is 6.03. The Bertz CT molecular complexity index is 1170. The van der Waals surface area contributed by atoms with Crippen molar-refractivity contribution in [1.82, 2.24) is 24.4 Å². The van der Waals surface area contributed by atoms with E-state index in [0.717, 1.165) is 65.9 Å². The van der Waals surface area contributed by atoms with Gasteiger partial charge in [-0.3, -0.25) is 4.79 Å². The molecule has 1 N–H and O–H groups in total. The van der Waals surface area contributed by atoms with Crippen molar-refractivity contribution in [3.63, 3.8) is 0 Å². The highest BCUT2D eigenvalue weighted by Gasteiger charge is 2.28. The zero-order valence-corrected chi connectivity index (χ0v) is 16.6. The molecule has 1 atom stereocenters. The number of aryl methyl sites for hydroxylation is 1. The van der Waals surface area contributed by atoms with Crippen LogP contribution in [0, 0.1) is 5.92 Å². The predicted octanol–water partition coefficient (Wildman–Crippen LogP) is 3.57. The minimum absolute atomic E-state index is 0.211. The quantitative estimate of drug-likeness (QED) is 0.569. The Balaban J connectivity index is 1.27. The molecule has 1 aliphatic rings. The number of carbonyl (C=O) groups excluding carboxylic acids is 1. The number of hydrogen-bond donors (Lipinski definition) is 1. The van der Waals surface area contributed by atoms with E-state index in [4.69, 9.17) is 4.98 Å². The molecule has 0 spiro atoms. The van der Waals surface area contributed by atoms with Gasteiger partial charge in [-0.15, -0.1) is 0 Å². The summed E-state index contributed by atoms with van der Waals surface area (Å²) >= 11 is 0. The van der Waals surface area contributed by atoms with Gasteiger partial charge < -0.3 is 14.5 Å². The van der Waals surface area contributed by atoms with Crippen LogP contribution in [0.4, 0.5) is 0 Å². The molecule has 1 amide bonds. The maximum atomic E-state index is 12.9. The van der Waals surface area contributed by atoms with Gasteiger partial charge in [-0.05, 0) is 43.0 Å². The van der Waals surface area contributed by atoms with Crippen molar-refractivity contribution in [2.75, 3.05) is 13.1 Å². The number of imidazole rings is 1. The maximum absolute atomic E-state index is 12.9. The lowest BCUT2D eigenvalue weighted by atomic mass is 10.0. The number of nitrogens with one attached hydrogen (secondary N) is 1. The Morgan fingerprint density at radius 2 is 2.14 bits per heavy atom. The topological polar surface area (TPSA) is 66.8 Å². The Kier molecular flexibility index (Phi) is 4.54. The van der Waals surface area contributed by atoms with Crippen LogP contribution in [0.5, 0.6) is 0 Å². The fourth-order valence-corrected chi connectivity index (χ4v) is 4.53. The summed E-state index contributed by atoms with van der Waals surface area (Å²) in [5.41, 5.74) is 4.07. The molecule has 3 aromatic heterocycles. The summed E-state index contributed by atoms with van der Waals surface area (Å²) in [6.45, 7) is 4.63. The van der Waals surface area contributed by atoms with E-state index < -0.39 is 0 Å². The van der Waals surface area contributed by atoms with Gasteiger partial charge in [-0.25, -0.2) is 9.97 Å². The van der Waals surface area contributed by atoms with Crippen molar-refractivity contribution in [3.8, 4) is 0 Å². The van der Waals surface area contributed by atoms with E-state index >= 15 is 0 Å². The summed E-state index contributed by atoms with van der Waals surface area (Å²) in [6, 6.07) is 12.1. The Morgan fingerprint density at radius 3 is 3.03 bits per heavy atom. The van der Waals surface area contributed by atoms with Crippen LogP contribution in [-0.4, -0.2) is 43.4 Å². The van der Waals surface area contributed by atoms with E-state index in [0.29, 0.717) is 12.3 Å². The van der Waals surface area contributed by atoms with Gasteiger partial charge in [0, 0.05) is 49.4 Å². The minimum atomic E-state index is 0.211. The molecule has 1 saturated heterocycles. The number of benzene rings is 1. The molecule has 1 aliphatic heterocycles. The number of H-pyrrole nitrogens is 1. The van der Waals surface area contributed by atoms with Crippen LogP contribution in [0.2, 0.25) is 0 Å². The number of para-hydroxylation sites is 1. The SMILES string of the molecule is CCn1c(C[C@H]2CCN(C(=O)Cc3c[nH]c4ccccc34)C2)nc2cccnc21. The van der Waals surface area contributed by atoms with Crippen molar-refractivity contribution in [3.05, 3.63) is 60.2 Å². The normalized spacial score (nSPS) is 16.9. The molecule has 0 radical (unpaired) electrons. The lowest BCUT2D eigenvalue weighted by Crippen LogP contribution is -2.30. The van der Waals surface area contributed by atoms with Gasteiger partial charge in [-0.1, -0.05) is 18.2 Å². The third-order valence-corrected chi connectivity index (χ3v) is 6.03. The fraction of sp³-hybridized carbons (Fsp3) is 0.348. The summed E-state index contributed by atoms with van der Waals surface area (Å²) in [5, 5.41) is 1.14. The standard InChI is InChI=1S/C23H25N5O/c1-2-28-21(26-20-8-5-10-24-23(20)28)12-16-9-11-27(15-16)22(29)13-17-14-25-19-7-4-3-6-18(17)19/h3-8,10,14,16,25H,2,9,11-13,15H2,1H3/t16-/m1/s1. The van der Waals surface area contributed by atoms with Crippen LogP contribution >= 0.6 is 0 Å². The number of likely N-dealkylation sites (tertiary alicyclic amines) is 1. The highest BCUT2D eigenvalue weighted by molar-refractivity contribution is 5.89. The van der Waals surface area contributed by atoms with Crippen LogP contribution in [0.25, 0.3) is 22.1 Å². The average Bonchev–Trinajstić information content (AvgIpc) is 3.45. The largest absolute Gasteiger partial charge is 0.361 e. The van der Waals surface area contributed by atoms with Crippen LogP contribution in [-0.2, 0) is 24.2 Å². The van der Waals surface area contributed by atoms with Crippen LogP contribution < -0.4 is 0 Å². The van der Waals surface area contributed by atoms with E-state index in [9.17, 15) is 4.79 Å². The molecule has 0 bridgehead atoms. The lowest BCUT2D eigenvalue weighted by molar-refractivity contribution is -0.129. The molecular weight excluding hydrogens is 362 g/mol. The highest BCUT2D eigenvalue weighted by Crippen LogP contribution is 2.25. The number of aromatic nitrogens is 4. The summed E-state index contributed by atoms with van der Waals surface area (Å²) in [7, 11) is 0. The zero-order valence-electron chi connectivity index (χ0n) is 16.6. The molecule has 148 valence electrons. The van der Waals surface area contributed by atoms with E-state index in [1.807, 2.05) is 47.6 Å². The van der Waals surface area contributed by atoms with Gasteiger partial charge in [-0.2, -0.15) is 0 Å². The predicted molar refractivity (Wildman–Crippen MR) is 114 cm³/mol. The summed E-state index contributed by atoms with van der Waals surface area (Å²) in [6.07, 6.45) is 6.16. The number of amides is 1. The summed E-state index contributed by atoms with van der Waals surface area (Å²) in [5.74, 6) is 1.74. The van der Waals surface area contributed by atoms with E-state index in [1.54, 1.807) is 0 Å². The van der Waals surface area contributed by atoms with E-state index in [-0.39, 0.29) is 5.91 Å². The van der Waals surface area contributed by atoms with Crippen LogP contribution in [0.1, 0.15) is 24.7 Å². The lowest BCUT2D eigenvalue weighted by Gasteiger charge is -2.16. The third kappa shape index (κ3) is 3.28. The smallest absolute Gasteiger partial charge is 0.227 e. The molecule has 29 heavy (non-hydrogen) atoms. The molecule has 0 unspecified atom stereocenters.